The van der Waals surface area contributed by atoms with E-state index in [4.69, 9.17) is 16.7 Å². The van der Waals surface area contributed by atoms with E-state index in [0.717, 1.165) is 35.7 Å². The number of carbonyl (C=O) groups is 1. The van der Waals surface area contributed by atoms with Crippen LogP contribution >= 0.6 is 11.6 Å². The van der Waals surface area contributed by atoms with Crippen LogP contribution in [0.3, 0.4) is 0 Å². The van der Waals surface area contributed by atoms with Crippen molar-refractivity contribution in [1.82, 2.24) is 9.97 Å². The summed E-state index contributed by atoms with van der Waals surface area (Å²) in [6.45, 7) is 4.11. The zero-order chi connectivity index (χ0) is 22.6. The van der Waals surface area contributed by atoms with E-state index in [1.54, 1.807) is 17.4 Å². The van der Waals surface area contributed by atoms with E-state index >= 15 is 0 Å². The highest BCUT2D eigenvalue weighted by atomic mass is 35.5. The Bertz CT molecular complexity index is 1250. The lowest BCUT2D eigenvalue weighted by Gasteiger charge is -2.53. The maximum absolute atomic E-state index is 14.2. The van der Waals surface area contributed by atoms with Crippen LogP contribution in [0.5, 0.6) is 0 Å². The SMILES string of the molecule is CC1=NN(c2ccccc2)C(=O)[C@]12Cc1ccc(Cl)cc1N1CCN(c3ncccn3)C[C@@H]12. The molecule has 0 unspecified atom stereocenters. The molecule has 8 heteroatoms. The van der Waals surface area contributed by atoms with Crippen molar-refractivity contribution in [2.45, 2.75) is 19.4 Å². The molecule has 0 aliphatic carbocycles. The first-order valence-electron chi connectivity index (χ1n) is 11.1. The predicted molar refractivity (Wildman–Crippen MR) is 130 cm³/mol. The molecule has 1 spiro atoms. The summed E-state index contributed by atoms with van der Waals surface area (Å²) in [6, 6.07) is 17.3. The van der Waals surface area contributed by atoms with E-state index in [1.165, 1.54) is 0 Å². The van der Waals surface area contributed by atoms with E-state index in [9.17, 15) is 4.79 Å². The van der Waals surface area contributed by atoms with Crippen LogP contribution in [0, 0.1) is 5.41 Å². The first-order chi connectivity index (χ1) is 16.1. The van der Waals surface area contributed by atoms with Gasteiger partial charge >= 0.3 is 0 Å². The molecule has 0 N–H and O–H groups in total. The van der Waals surface area contributed by atoms with Crippen LogP contribution in [-0.4, -0.2) is 47.3 Å². The Morgan fingerprint density at radius 3 is 2.61 bits per heavy atom. The summed E-state index contributed by atoms with van der Waals surface area (Å²) in [6.07, 6.45) is 4.09. The summed E-state index contributed by atoms with van der Waals surface area (Å²) in [7, 11) is 0. The quantitative estimate of drug-likeness (QED) is 0.584. The summed E-state index contributed by atoms with van der Waals surface area (Å²) in [4.78, 5) is 27.6. The molecule has 1 aromatic heterocycles. The van der Waals surface area contributed by atoms with Gasteiger partial charge < -0.3 is 9.80 Å². The minimum absolute atomic E-state index is 0.0117. The molecule has 0 saturated carbocycles. The third kappa shape index (κ3) is 3.03. The number of piperazine rings is 1. The largest absolute Gasteiger partial charge is 0.363 e. The Balaban J connectivity index is 1.47. The number of rotatable bonds is 2. The number of carbonyl (C=O) groups excluding carboxylic acids is 1. The van der Waals surface area contributed by atoms with Crippen molar-refractivity contribution in [1.29, 1.82) is 0 Å². The highest BCUT2D eigenvalue weighted by Crippen LogP contribution is 2.48. The molecular formula is C25H23ClN6O. The number of amides is 1. The smallest absolute Gasteiger partial charge is 0.261 e. The molecule has 1 fully saturated rings. The molecule has 0 bridgehead atoms. The van der Waals surface area contributed by atoms with Crippen LogP contribution < -0.4 is 14.8 Å². The number of hydrazone groups is 1. The molecule has 4 heterocycles. The molecule has 3 aromatic rings. The second-order valence-electron chi connectivity index (χ2n) is 8.76. The van der Waals surface area contributed by atoms with Crippen molar-refractivity contribution in [3.8, 4) is 0 Å². The fourth-order valence-corrected chi connectivity index (χ4v) is 5.63. The fraction of sp³-hybridized carbons (Fsp3) is 0.280. The van der Waals surface area contributed by atoms with Gasteiger partial charge in [-0.1, -0.05) is 35.9 Å². The molecule has 0 radical (unpaired) electrons. The second-order valence-corrected chi connectivity index (χ2v) is 9.20. The van der Waals surface area contributed by atoms with Crippen LogP contribution in [0.15, 0.2) is 72.1 Å². The number of aromatic nitrogens is 2. The molecule has 7 nitrogen and oxygen atoms in total. The van der Waals surface area contributed by atoms with Gasteiger partial charge in [0.05, 0.1) is 17.4 Å². The van der Waals surface area contributed by atoms with Gasteiger partial charge in [0, 0.05) is 42.7 Å². The average molecular weight is 459 g/mol. The molecule has 2 atom stereocenters. The summed E-state index contributed by atoms with van der Waals surface area (Å²) in [5.74, 6) is 0.696. The van der Waals surface area contributed by atoms with E-state index < -0.39 is 5.41 Å². The van der Waals surface area contributed by atoms with Gasteiger partial charge in [-0.2, -0.15) is 10.1 Å². The molecule has 33 heavy (non-hydrogen) atoms. The molecule has 6 rings (SSSR count). The fourth-order valence-electron chi connectivity index (χ4n) is 5.46. The number of fused-ring (bicyclic) bond motifs is 4. The summed E-state index contributed by atoms with van der Waals surface area (Å²) >= 11 is 6.39. The highest BCUT2D eigenvalue weighted by molar-refractivity contribution is 6.31. The van der Waals surface area contributed by atoms with Crippen molar-refractivity contribution in [2.75, 3.05) is 34.4 Å². The Kier molecular flexibility index (Phi) is 4.62. The van der Waals surface area contributed by atoms with E-state index in [2.05, 4.69) is 19.8 Å². The summed E-state index contributed by atoms with van der Waals surface area (Å²) < 4.78 is 0. The molecule has 166 valence electrons. The lowest BCUT2D eigenvalue weighted by atomic mass is 9.67. The van der Waals surface area contributed by atoms with E-state index in [1.807, 2.05) is 61.5 Å². The zero-order valence-corrected chi connectivity index (χ0v) is 19.0. The van der Waals surface area contributed by atoms with Crippen molar-refractivity contribution in [3.05, 3.63) is 77.6 Å². The van der Waals surface area contributed by atoms with Crippen LogP contribution in [-0.2, 0) is 11.2 Å². The van der Waals surface area contributed by atoms with Gasteiger partial charge in [-0.05, 0) is 49.2 Å². The second kappa shape index (κ2) is 7.56. The van der Waals surface area contributed by atoms with Crippen LogP contribution in [0.4, 0.5) is 17.3 Å². The predicted octanol–water partition coefficient (Wildman–Crippen LogP) is 3.79. The Hall–Kier alpha value is -3.45. The lowest BCUT2D eigenvalue weighted by molar-refractivity contribution is -0.125. The molecule has 2 aromatic carbocycles. The first kappa shape index (κ1) is 20.2. The number of hydrogen-bond acceptors (Lipinski definition) is 6. The third-order valence-electron chi connectivity index (χ3n) is 7.08. The van der Waals surface area contributed by atoms with E-state index in [-0.39, 0.29) is 11.9 Å². The van der Waals surface area contributed by atoms with Crippen molar-refractivity contribution < 1.29 is 4.79 Å². The maximum Gasteiger partial charge on any atom is 0.261 e. The minimum Gasteiger partial charge on any atom is -0.363 e. The molecule has 3 aliphatic heterocycles. The zero-order valence-electron chi connectivity index (χ0n) is 18.2. The number of benzene rings is 2. The normalized spacial score (nSPS) is 24.1. The third-order valence-corrected chi connectivity index (χ3v) is 7.32. The number of nitrogens with zero attached hydrogens (tertiary/aromatic N) is 6. The van der Waals surface area contributed by atoms with E-state index in [0.29, 0.717) is 23.9 Å². The van der Waals surface area contributed by atoms with Crippen molar-refractivity contribution in [2.24, 2.45) is 10.5 Å². The summed E-state index contributed by atoms with van der Waals surface area (Å²) in [5, 5.41) is 7.07. The molecular weight excluding hydrogens is 436 g/mol. The molecule has 3 aliphatic rings. The monoisotopic (exact) mass is 458 g/mol. The topological polar surface area (TPSA) is 64.9 Å². The van der Waals surface area contributed by atoms with Crippen LogP contribution in [0.25, 0.3) is 0 Å². The van der Waals surface area contributed by atoms with Gasteiger partial charge in [-0.15, -0.1) is 0 Å². The van der Waals surface area contributed by atoms with Crippen molar-refractivity contribution >= 4 is 40.5 Å². The standard InChI is InChI=1S/C25H23ClN6O/c1-17-25(23(33)32(29-17)20-6-3-2-4-7-20)15-18-8-9-19(26)14-21(18)31-13-12-30(16-22(25)31)24-27-10-5-11-28-24/h2-11,14,22H,12-13,15-16H2,1H3/t22-,25-/m1/s1. The van der Waals surface area contributed by atoms with Gasteiger partial charge in [0.15, 0.2) is 0 Å². The van der Waals surface area contributed by atoms with Gasteiger partial charge in [0.2, 0.25) is 5.95 Å². The number of para-hydroxylation sites is 1. The van der Waals surface area contributed by atoms with Gasteiger partial charge in [-0.3, -0.25) is 4.79 Å². The van der Waals surface area contributed by atoms with Gasteiger partial charge in [0.25, 0.3) is 5.91 Å². The Labute approximate surface area is 197 Å². The van der Waals surface area contributed by atoms with Crippen LogP contribution in [0.1, 0.15) is 12.5 Å². The van der Waals surface area contributed by atoms with Gasteiger partial charge in [0.1, 0.15) is 5.41 Å². The minimum atomic E-state index is -0.774. The Morgan fingerprint density at radius 1 is 1.03 bits per heavy atom. The van der Waals surface area contributed by atoms with Crippen LogP contribution in [0.2, 0.25) is 5.02 Å². The Morgan fingerprint density at radius 2 is 1.82 bits per heavy atom. The number of halogens is 1. The average Bonchev–Trinajstić information content (AvgIpc) is 3.11. The van der Waals surface area contributed by atoms with Gasteiger partial charge in [-0.25, -0.2) is 9.97 Å². The van der Waals surface area contributed by atoms with Crippen molar-refractivity contribution in [3.63, 3.8) is 0 Å². The first-order valence-corrected chi connectivity index (χ1v) is 11.5. The highest BCUT2D eigenvalue weighted by Gasteiger charge is 2.60. The molecule has 1 saturated heterocycles. The number of anilines is 3. The maximum atomic E-state index is 14.2. The lowest BCUT2D eigenvalue weighted by Crippen LogP contribution is -2.67. The number of hydrogen-bond donors (Lipinski definition) is 0. The molecule has 1 amide bonds. The summed E-state index contributed by atoms with van der Waals surface area (Å²) in [5.41, 5.74) is 3.07.